The summed E-state index contributed by atoms with van der Waals surface area (Å²) >= 11 is 8.37. The van der Waals surface area contributed by atoms with Crippen molar-refractivity contribution >= 4 is 132 Å². The number of carboxylic acids is 1. The van der Waals surface area contributed by atoms with Gasteiger partial charge in [-0.2, -0.15) is 25.3 Å². The Morgan fingerprint density at radius 3 is 1.39 bits per heavy atom. The number of hydrogen-bond acceptors (Lipinski definition) is 22. The minimum absolute atomic E-state index is 0.00846. The fourth-order valence-electron chi connectivity index (χ4n) is 11.1. The van der Waals surface area contributed by atoms with E-state index in [9.17, 15) is 72.2 Å². The van der Waals surface area contributed by atoms with Gasteiger partial charge in [0.05, 0.1) is 31.6 Å². The summed E-state index contributed by atoms with van der Waals surface area (Å²) in [4.78, 5) is 209. The molecule has 0 fully saturated rings. The predicted molar refractivity (Wildman–Crippen MR) is 429 cm³/mol. The Kier molecular flexibility index (Phi) is 43.5. The predicted octanol–water partition coefficient (Wildman–Crippen LogP) is -4.67. The number of aliphatic carboxylic acids is 1. The number of nitrogens with one attached hydrogen (secondary N) is 17. The Balaban J connectivity index is 1.92. The molecule has 0 saturated heterocycles. The molecule has 13 amide bonds. The molecule has 3 rings (SSSR count). The third-order valence-electron chi connectivity index (χ3n) is 18.0. The van der Waals surface area contributed by atoms with E-state index < -0.39 is 198 Å². The van der Waals surface area contributed by atoms with Crippen LogP contribution in [0.2, 0.25) is 0 Å². The Bertz CT molecular complexity index is 3790. The molecule has 0 bridgehead atoms. The molecule has 3 aromatic carbocycles. The first-order chi connectivity index (χ1) is 54.1. The third kappa shape index (κ3) is 34.7. The Hall–Kier alpha value is -11.5. The first-order valence-electron chi connectivity index (χ1n) is 37.0. The summed E-state index contributed by atoms with van der Waals surface area (Å²) in [5.74, 6) is -17.1. The number of nitrogens with two attached hydrogens (primary N) is 5. The van der Waals surface area contributed by atoms with Gasteiger partial charge in [0.15, 0.2) is 17.9 Å². The zero-order valence-corrected chi connectivity index (χ0v) is 66.2. The highest BCUT2D eigenvalue weighted by molar-refractivity contribution is 7.80. The van der Waals surface area contributed by atoms with Crippen LogP contribution in [0, 0.1) is 28.1 Å². The monoisotopic (exact) mass is 1630 g/mol. The molecule has 28 N–H and O–H groups in total. The van der Waals surface area contributed by atoms with Crippen LogP contribution in [0.15, 0.2) is 84.9 Å². The van der Waals surface area contributed by atoms with E-state index >= 15 is 4.79 Å². The van der Waals surface area contributed by atoms with Gasteiger partial charge < -0.3 is 113 Å². The molecule has 0 saturated carbocycles. The summed E-state index contributed by atoms with van der Waals surface area (Å²) in [6.07, 6.45) is -0.983. The number of carbonyl (C=O) groups excluding carboxylic acids is 14. The van der Waals surface area contributed by atoms with Crippen LogP contribution < -0.4 is 103 Å². The number of nitrogens with zero attached hydrogens (tertiary/aromatic N) is 1. The first-order valence-corrected chi connectivity index (χ1v) is 38.3. The molecule has 0 aromatic heterocycles. The van der Waals surface area contributed by atoms with Crippen molar-refractivity contribution in [3.8, 4) is 0 Å². The van der Waals surface area contributed by atoms with Crippen molar-refractivity contribution in [3.63, 3.8) is 0 Å². The van der Waals surface area contributed by atoms with Gasteiger partial charge in [-0.25, -0.2) is 0 Å². The summed E-state index contributed by atoms with van der Waals surface area (Å²) in [6.45, 7) is 6.42. The maximum Gasteiger partial charge on any atom is 0.305 e. The van der Waals surface area contributed by atoms with Gasteiger partial charge in [-0.3, -0.25) is 88.3 Å². The van der Waals surface area contributed by atoms with Gasteiger partial charge in [-0.15, -0.1) is 0 Å². The minimum atomic E-state index is -1.99. The fourth-order valence-corrected chi connectivity index (χ4v) is 11.6. The lowest BCUT2D eigenvalue weighted by molar-refractivity contribution is -0.142. The highest BCUT2D eigenvalue weighted by Crippen LogP contribution is 2.19. The van der Waals surface area contributed by atoms with Crippen LogP contribution in [-0.4, -0.2) is 228 Å². The lowest BCUT2D eigenvalue weighted by Crippen LogP contribution is -2.62. The number of aldehydes is 1. The van der Waals surface area contributed by atoms with Gasteiger partial charge in [0.2, 0.25) is 65.0 Å². The van der Waals surface area contributed by atoms with Gasteiger partial charge in [-0.05, 0) is 86.1 Å². The Labute approximate surface area is 671 Å². The highest BCUT2D eigenvalue weighted by Gasteiger charge is 2.40. The van der Waals surface area contributed by atoms with Crippen molar-refractivity contribution in [1.29, 1.82) is 16.2 Å². The van der Waals surface area contributed by atoms with E-state index in [4.69, 9.17) is 44.9 Å². The largest absolute Gasteiger partial charge is 0.481 e. The number of hydrogen-bond donors (Lipinski definition) is 25. The van der Waals surface area contributed by atoms with Crippen molar-refractivity contribution in [1.82, 2.24) is 79.3 Å². The number of guanidine groups is 3. The van der Waals surface area contributed by atoms with E-state index in [0.29, 0.717) is 23.0 Å². The van der Waals surface area contributed by atoms with Crippen LogP contribution in [0.5, 0.6) is 0 Å². The normalized spacial score (nSPS) is 14.3. The highest BCUT2D eigenvalue weighted by atomic mass is 32.1. The zero-order valence-electron chi connectivity index (χ0n) is 64.4. The Morgan fingerprint density at radius 1 is 0.474 bits per heavy atom. The second-order valence-electron chi connectivity index (χ2n) is 26.9. The molecule has 0 aliphatic carbocycles. The average molecular weight is 1630 g/mol. The first kappa shape index (κ1) is 96.7. The summed E-state index contributed by atoms with van der Waals surface area (Å²) in [5, 5.41) is 68.2. The van der Waals surface area contributed by atoms with E-state index in [2.05, 4.69) is 99.7 Å². The van der Waals surface area contributed by atoms with E-state index in [-0.39, 0.29) is 108 Å². The molecule has 0 spiro atoms. The summed E-state index contributed by atoms with van der Waals surface area (Å²) in [6, 6.07) is 6.71. The molecule has 0 radical (unpaired) electrons. The SMILES string of the molecule is CC[C@H](C)[C@H](NC(=O)[C@H](CCCNC(=N)N)NC(=O)CNC(=O)CNC(=O)[C@H](Cc1ccccc1)NC(=O)[C@@H](C)NC(=O)[C@@H](N)CS)C(=O)N[C@@H](CC(=O)O)C(=O)N[C@@H](CCCNC(=N)N)C(=O)N[C@H](C(=O)N[C@@H](CS)C(=O)N[C@@H](Cc1ccccc1)C(=O)N(C(=O)c1cccc(CN)c1)[C@H](C=O)CCCNC(=N)N)[C@@H](C)CC. The molecule has 0 unspecified atom stereocenters. The molecule has 0 aliphatic heterocycles. The Morgan fingerprint density at radius 2 is 0.912 bits per heavy atom. The number of thiol groups is 2. The van der Waals surface area contributed by atoms with Crippen LogP contribution in [0.25, 0.3) is 0 Å². The average Bonchev–Trinajstić information content (AvgIpc) is 0.806. The number of rotatable bonds is 51. The van der Waals surface area contributed by atoms with Gasteiger partial charge >= 0.3 is 5.97 Å². The van der Waals surface area contributed by atoms with Crippen molar-refractivity contribution in [2.45, 2.75) is 178 Å². The molecule has 13 atom stereocenters. The summed E-state index contributed by atoms with van der Waals surface area (Å²) in [5.41, 5.74) is 29.7. The van der Waals surface area contributed by atoms with Gasteiger partial charge in [0.1, 0.15) is 60.7 Å². The van der Waals surface area contributed by atoms with Crippen LogP contribution in [-0.2, 0) is 86.5 Å². The molecule has 626 valence electrons. The number of amides is 13. The second-order valence-corrected chi connectivity index (χ2v) is 27.6. The molecular formula is C73H111N23O16S2. The maximum absolute atomic E-state index is 15.1. The topological polar surface area (TPSA) is 650 Å². The van der Waals surface area contributed by atoms with Crippen molar-refractivity contribution in [2.75, 3.05) is 44.2 Å². The van der Waals surface area contributed by atoms with E-state index in [1.165, 1.54) is 25.1 Å². The molecule has 39 nitrogen and oxygen atoms in total. The maximum atomic E-state index is 15.1. The van der Waals surface area contributed by atoms with Gasteiger partial charge in [0.25, 0.3) is 11.8 Å². The second kappa shape index (κ2) is 51.2. The van der Waals surface area contributed by atoms with Gasteiger partial charge in [-0.1, -0.05) is 113 Å². The van der Waals surface area contributed by atoms with Crippen LogP contribution in [0.3, 0.4) is 0 Å². The summed E-state index contributed by atoms with van der Waals surface area (Å²) in [7, 11) is 0. The number of benzene rings is 3. The molecule has 0 heterocycles. The number of imide groups is 1. The molecule has 114 heavy (non-hydrogen) atoms. The lowest BCUT2D eigenvalue weighted by Gasteiger charge is -2.32. The van der Waals surface area contributed by atoms with Crippen molar-refractivity contribution in [3.05, 3.63) is 107 Å². The fraction of sp³-hybridized carbons (Fsp3) is 0.507. The van der Waals surface area contributed by atoms with Crippen LogP contribution >= 0.6 is 25.3 Å². The van der Waals surface area contributed by atoms with Gasteiger partial charge in [0, 0.05) is 56.1 Å². The van der Waals surface area contributed by atoms with Crippen molar-refractivity contribution < 1.29 is 77.0 Å². The molecule has 0 aliphatic rings. The van der Waals surface area contributed by atoms with E-state index in [1.807, 2.05) is 0 Å². The van der Waals surface area contributed by atoms with Crippen molar-refractivity contribution in [2.24, 2.45) is 40.5 Å². The zero-order chi connectivity index (χ0) is 85.1. The van der Waals surface area contributed by atoms with Crippen LogP contribution in [0.4, 0.5) is 0 Å². The van der Waals surface area contributed by atoms with E-state index in [0.717, 1.165) is 4.90 Å². The molecule has 41 heteroatoms. The van der Waals surface area contributed by atoms with E-state index in [1.54, 1.807) is 94.4 Å². The quantitative estimate of drug-likeness (QED) is 0.00830. The standard InChI is InChI=1S/C73H111N23O16S2/c1-6-40(3)58(94-63(105)49(25-16-28-83-72(78)79)88-56(99)36-85-55(98)35-86-62(104)51(31-43-18-10-8-11-19-43)90-60(102)42(5)87-61(103)48(75)38-113)67(109)91-52(33-57(100)101)65(107)89-50(26-17-29-84-73(80)81)64(106)95-59(41(4)7-2)68(110)93-54(39-114)66(108)92-53(32-44-20-12-9-13-21-44)70(112)96(47(37-97)24-15-27-82-71(76)77)69(111)46-23-14-22-45(30-46)34-74/h8-14,18-23,30,37,40-42,47-54,58-59,113-114H,6-7,15-17,24-29,31-36,38-39,74-75H2,1-5H3,(H,85,98)(H,86,104)(H,87,103)(H,88,99)(H,89,107)(H,90,102)(H,91,109)(H,92,108)(H,93,110)(H,94,105)(H,95,106)(H,100,101)(H4,76,77,82)(H4,78,79,83)(H4,80,81,84)/t40-,41-,42+,47-,48-,49-,50-,51-,52-,53-,54-,58-,59-/m0/s1. The number of carbonyl (C=O) groups is 15. The third-order valence-corrected chi connectivity index (χ3v) is 18.7. The van der Waals surface area contributed by atoms with Crippen LogP contribution in [0.1, 0.15) is 119 Å². The lowest BCUT2D eigenvalue weighted by atomic mass is 9.96. The molecule has 3 aromatic rings. The smallest absolute Gasteiger partial charge is 0.305 e. The number of carboxylic acid groups (broad SMARTS) is 1. The minimum Gasteiger partial charge on any atom is -0.481 e. The molecular weight excluding hydrogens is 1520 g/mol. The summed E-state index contributed by atoms with van der Waals surface area (Å²) < 4.78 is 0.